The highest BCUT2D eigenvalue weighted by Crippen LogP contribution is 2.31. The van der Waals surface area contributed by atoms with E-state index < -0.39 is 0 Å². The predicted molar refractivity (Wildman–Crippen MR) is 103 cm³/mol. The molecule has 0 spiro atoms. The predicted octanol–water partition coefficient (Wildman–Crippen LogP) is 1.95. The topological polar surface area (TPSA) is 85.6 Å². The Balaban J connectivity index is 2.21. The summed E-state index contributed by atoms with van der Waals surface area (Å²) < 4.78 is 12.1. The van der Waals surface area contributed by atoms with Gasteiger partial charge in [-0.2, -0.15) is 16.9 Å². The van der Waals surface area contributed by atoms with E-state index in [2.05, 4.69) is 10.4 Å². The van der Waals surface area contributed by atoms with Gasteiger partial charge in [0.15, 0.2) is 11.5 Å². The van der Waals surface area contributed by atoms with Crippen molar-refractivity contribution in [3.63, 3.8) is 0 Å². The summed E-state index contributed by atoms with van der Waals surface area (Å²) in [5.41, 5.74) is 1.90. The van der Waals surface area contributed by atoms with Gasteiger partial charge in [0.05, 0.1) is 32.6 Å². The van der Waals surface area contributed by atoms with Crippen LogP contribution < -0.4 is 14.8 Å². The van der Waals surface area contributed by atoms with Gasteiger partial charge < -0.3 is 19.9 Å². The van der Waals surface area contributed by atoms with Crippen LogP contribution in [-0.2, 0) is 7.05 Å². The van der Waals surface area contributed by atoms with Gasteiger partial charge >= 0.3 is 0 Å². The number of nitrogens with one attached hydrogen (secondary N) is 1. The number of hydrogen-bond acceptors (Lipinski definition) is 6. The average Bonchev–Trinajstić information content (AvgIpc) is 3.06. The number of aromatic nitrogens is 2. The second-order valence-corrected chi connectivity index (χ2v) is 6.73. The van der Waals surface area contributed by atoms with E-state index >= 15 is 0 Å². The first kappa shape index (κ1) is 20.1. The third kappa shape index (κ3) is 4.70. The number of hydrogen-bond donors (Lipinski definition) is 2. The maximum Gasteiger partial charge on any atom is 0.269 e. The average molecular weight is 379 g/mol. The van der Waals surface area contributed by atoms with Crippen LogP contribution in [0.5, 0.6) is 11.5 Å². The van der Waals surface area contributed by atoms with Gasteiger partial charge in [-0.3, -0.25) is 9.48 Å². The standard InChI is InChI=1S/C18H25N3O4S/c1-21-15(18(23)19-13(11-22)7-8-26-4)10-14(20-21)12-5-6-16(24-2)17(9-12)25-3/h5-6,9-10,13,22H,7-8,11H2,1-4H3,(H,19,23)/t13-/m0/s1. The molecule has 0 aliphatic heterocycles. The van der Waals surface area contributed by atoms with Crippen molar-refractivity contribution in [2.24, 2.45) is 7.05 Å². The number of amides is 1. The largest absolute Gasteiger partial charge is 0.493 e. The number of methoxy groups -OCH3 is 2. The van der Waals surface area contributed by atoms with Gasteiger partial charge in [0.2, 0.25) is 0 Å². The summed E-state index contributed by atoms with van der Waals surface area (Å²) >= 11 is 1.68. The van der Waals surface area contributed by atoms with Gasteiger partial charge in [0, 0.05) is 12.6 Å². The molecule has 0 bridgehead atoms. The second kappa shape index (κ2) is 9.49. The third-order valence-corrected chi connectivity index (χ3v) is 4.66. The minimum Gasteiger partial charge on any atom is -0.493 e. The van der Waals surface area contributed by atoms with E-state index in [1.807, 2.05) is 18.4 Å². The fraction of sp³-hybridized carbons (Fsp3) is 0.444. The number of rotatable bonds is 9. The van der Waals surface area contributed by atoms with E-state index in [4.69, 9.17) is 9.47 Å². The zero-order valence-electron chi connectivity index (χ0n) is 15.5. The van der Waals surface area contributed by atoms with Crippen LogP contribution in [0.1, 0.15) is 16.9 Å². The van der Waals surface area contributed by atoms with Crippen molar-refractivity contribution in [3.8, 4) is 22.8 Å². The summed E-state index contributed by atoms with van der Waals surface area (Å²) in [6.07, 6.45) is 2.70. The molecule has 2 N–H and O–H groups in total. The molecule has 0 saturated heterocycles. The number of benzene rings is 1. The quantitative estimate of drug-likeness (QED) is 0.693. The van der Waals surface area contributed by atoms with Crippen LogP contribution in [0.3, 0.4) is 0 Å². The summed E-state index contributed by atoms with van der Waals surface area (Å²) in [6.45, 7) is -0.0906. The van der Waals surface area contributed by atoms with Gasteiger partial charge in [-0.1, -0.05) is 0 Å². The van der Waals surface area contributed by atoms with Crippen molar-refractivity contribution in [1.82, 2.24) is 15.1 Å². The number of aliphatic hydroxyl groups excluding tert-OH is 1. The normalized spacial score (nSPS) is 11.9. The van der Waals surface area contributed by atoms with Gasteiger partial charge in [-0.05, 0) is 42.7 Å². The van der Waals surface area contributed by atoms with Crippen molar-refractivity contribution in [1.29, 1.82) is 0 Å². The lowest BCUT2D eigenvalue weighted by molar-refractivity contribution is 0.0906. The summed E-state index contributed by atoms with van der Waals surface area (Å²) in [4.78, 5) is 12.5. The molecule has 1 aromatic heterocycles. The first-order valence-corrected chi connectivity index (χ1v) is 9.60. The molecule has 1 heterocycles. The molecular weight excluding hydrogens is 354 g/mol. The SMILES string of the molecule is COc1ccc(-c2cc(C(=O)N[C@H](CO)CCSC)n(C)n2)cc1OC. The first-order valence-electron chi connectivity index (χ1n) is 8.21. The molecule has 0 saturated carbocycles. The smallest absolute Gasteiger partial charge is 0.269 e. The van der Waals surface area contributed by atoms with Gasteiger partial charge in [0.1, 0.15) is 5.69 Å². The van der Waals surface area contributed by atoms with Crippen LogP contribution in [0.2, 0.25) is 0 Å². The zero-order chi connectivity index (χ0) is 19.1. The molecule has 1 aromatic carbocycles. The Bertz CT molecular complexity index is 748. The van der Waals surface area contributed by atoms with Crippen molar-refractivity contribution in [3.05, 3.63) is 30.0 Å². The minimum atomic E-state index is -0.269. The molecule has 1 amide bonds. The highest BCUT2D eigenvalue weighted by Gasteiger charge is 2.18. The lowest BCUT2D eigenvalue weighted by Crippen LogP contribution is -2.38. The number of carbonyl (C=O) groups is 1. The molecule has 142 valence electrons. The van der Waals surface area contributed by atoms with Crippen LogP contribution in [0.15, 0.2) is 24.3 Å². The van der Waals surface area contributed by atoms with E-state index in [0.717, 1.165) is 11.3 Å². The van der Waals surface area contributed by atoms with Crippen LogP contribution in [0.4, 0.5) is 0 Å². The minimum absolute atomic E-state index is 0.0906. The molecule has 0 radical (unpaired) electrons. The van der Waals surface area contributed by atoms with E-state index in [-0.39, 0.29) is 18.6 Å². The number of aliphatic hydroxyl groups is 1. The maximum absolute atomic E-state index is 12.5. The van der Waals surface area contributed by atoms with Crippen molar-refractivity contribution in [2.75, 3.05) is 32.8 Å². The summed E-state index contributed by atoms with van der Waals surface area (Å²) in [7, 11) is 4.87. The van der Waals surface area contributed by atoms with E-state index in [1.165, 1.54) is 4.68 Å². The highest BCUT2D eigenvalue weighted by molar-refractivity contribution is 7.98. The summed E-state index contributed by atoms with van der Waals surface area (Å²) in [5.74, 6) is 1.84. The van der Waals surface area contributed by atoms with Gasteiger partial charge in [-0.15, -0.1) is 0 Å². The number of ether oxygens (including phenoxy) is 2. The Kier molecular flexibility index (Phi) is 7.35. The summed E-state index contributed by atoms with van der Waals surface area (Å²) in [6, 6.07) is 6.93. The molecule has 2 aromatic rings. The Morgan fingerprint density at radius 1 is 1.31 bits per heavy atom. The number of thioether (sulfide) groups is 1. The van der Waals surface area contributed by atoms with E-state index in [9.17, 15) is 9.90 Å². The van der Waals surface area contributed by atoms with Crippen molar-refractivity contribution in [2.45, 2.75) is 12.5 Å². The molecule has 0 aliphatic carbocycles. The number of aryl methyl sites for hydroxylation is 1. The van der Waals surface area contributed by atoms with Crippen LogP contribution in [-0.4, -0.2) is 59.7 Å². The molecule has 8 heteroatoms. The van der Waals surface area contributed by atoms with Crippen molar-refractivity contribution >= 4 is 17.7 Å². The molecule has 0 unspecified atom stereocenters. The molecule has 7 nitrogen and oxygen atoms in total. The Hall–Kier alpha value is -2.19. The zero-order valence-corrected chi connectivity index (χ0v) is 16.3. The Morgan fingerprint density at radius 3 is 2.65 bits per heavy atom. The third-order valence-electron chi connectivity index (χ3n) is 4.02. The molecule has 0 aliphatic rings. The fourth-order valence-electron chi connectivity index (χ4n) is 2.54. The maximum atomic E-state index is 12.5. The van der Waals surface area contributed by atoms with Crippen LogP contribution >= 0.6 is 11.8 Å². The Morgan fingerprint density at radius 2 is 2.04 bits per heavy atom. The van der Waals surface area contributed by atoms with Crippen LogP contribution in [0, 0.1) is 0 Å². The van der Waals surface area contributed by atoms with Gasteiger partial charge in [-0.25, -0.2) is 0 Å². The number of carbonyl (C=O) groups excluding carboxylic acids is 1. The molecule has 2 rings (SSSR count). The first-order chi connectivity index (χ1) is 12.5. The molecular formula is C18H25N3O4S. The van der Waals surface area contributed by atoms with Crippen LogP contribution in [0.25, 0.3) is 11.3 Å². The second-order valence-electron chi connectivity index (χ2n) is 5.74. The molecule has 0 fully saturated rings. The lowest BCUT2D eigenvalue weighted by Gasteiger charge is -2.15. The Labute approximate surface area is 157 Å². The number of nitrogens with zero attached hydrogens (tertiary/aromatic N) is 2. The highest BCUT2D eigenvalue weighted by atomic mass is 32.2. The van der Waals surface area contributed by atoms with E-state index in [1.54, 1.807) is 45.2 Å². The fourth-order valence-corrected chi connectivity index (χ4v) is 3.07. The summed E-state index contributed by atoms with van der Waals surface area (Å²) in [5, 5.41) is 16.7. The van der Waals surface area contributed by atoms with Crippen molar-refractivity contribution < 1.29 is 19.4 Å². The van der Waals surface area contributed by atoms with E-state index in [0.29, 0.717) is 29.3 Å². The lowest BCUT2D eigenvalue weighted by atomic mass is 10.1. The molecule has 1 atom stereocenters. The van der Waals surface area contributed by atoms with Gasteiger partial charge in [0.25, 0.3) is 5.91 Å². The monoisotopic (exact) mass is 379 g/mol. The molecule has 26 heavy (non-hydrogen) atoms.